The molecule has 2 rings (SSSR count). The first kappa shape index (κ1) is 10.0. The van der Waals surface area contributed by atoms with Gasteiger partial charge in [-0.05, 0) is 5.92 Å². The minimum atomic E-state index is 0.291. The lowest BCUT2D eigenvalue weighted by Crippen LogP contribution is -1.93. The zero-order valence-electron chi connectivity index (χ0n) is 8.64. The highest BCUT2D eigenvalue weighted by atomic mass is 32.1. The summed E-state index contributed by atoms with van der Waals surface area (Å²) in [5.74, 6) is 0.740. The van der Waals surface area contributed by atoms with Gasteiger partial charge < -0.3 is 5.73 Å². The second kappa shape index (κ2) is 3.94. The Hall–Kier alpha value is -1.49. The Labute approximate surface area is 92.2 Å². The van der Waals surface area contributed by atoms with Crippen molar-refractivity contribution in [2.75, 3.05) is 5.73 Å². The molecule has 4 nitrogen and oxygen atoms in total. The van der Waals surface area contributed by atoms with Crippen LogP contribution in [0.1, 0.15) is 25.5 Å². The van der Waals surface area contributed by atoms with E-state index in [9.17, 15) is 0 Å². The van der Waals surface area contributed by atoms with Crippen molar-refractivity contribution in [3.63, 3.8) is 0 Å². The number of rotatable bonds is 2. The van der Waals surface area contributed by atoms with Gasteiger partial charge in [-0.15, -0.1) is 11.3 Å². The zero-order valence-corrected chi connectivity index (χ0v) is 9.45. The van der Waals surface area contributed by atoms with E-state index in [-0.39, 0.29) is 0 Å². The summed E-state index contributed by atoms with van der Waals surface area (Å²) in [6.07, 6.45) is 3.40. The molecule has 2 heterocycles. The Kier molecular flexibility index (Phi) is 2.64. The molecule has 0 saturated carbocycles. The van der Waals surface area contributed by atoms with Gasteiger partial charge in [0.15, 0.2) is 0 Å². The van der Waals surface area contributed by atoms with Crippen LogP contribution in [-0.4, -0.2) is 15.0 Å². The van der Waals surface area contributed by atoms with E-state index in [1.807, 2.05) is 0 Å². The maximum absolute atomic E-state index is 5.42. The molecule has 0 radical (unpaired) electrons. The first-order chi connectivity index (χ1) is 7.16. The second-order valence-electron chi connectivity index (χ2n) is 3.56. The molecule has 0 aromatic carbocycles. The topological polar surface area (TPSA) is 64.7 Å². The molecule has 15 heavy (non-hydrogen) atoms. The highest BCUT2D eigenvalue weighted by Gasteiger charge is 2.07. The number of anilines is 1. The number of hydrogen-bond donors (Lipinski definition) is 1. The number of nitrogen functional groups attached to an aromatic ring is 1. The fourth-order valence-corrected chi connectivity index (χ4v) is 2.09. The summed E-state index contributed by atoms with van der Waals surface area (Å²) < 4.78 is 0. The van der Waals surface area contributed by atoms with E-state index < -0.39 is 0 Å². The highest BCUT2D eigenvalue weighted by Crippen LogP contribution is 2.25. The molecule has 0 aliphatic carbocycles. The summed E-state index contributed by atoms with van der Waals surface area (Å²) in [6.45, 7) is 4.25. The molecule has 0 unspecified atom stereocenters. The van der Waals surface area contributed by atoms with Crippen LogP contribution in [0.15, 0.2) is 17.8 Å². The summed E-state index contributed by atoms with van der Waals surface area (Å²) >= 11 is 1.60. The van der Waals surface area contributed by atoms with Gasteiger partial charge in [0.25, 0.3) is 0 Å². The molecule has 0 fully saturated rings. The fourth-order valence-electron chi connectivity index (χ4n) is 1.13. The normalized spacial score (nSPS) is 10.9. The molecule has 0 atom stereocenters. The van der Waals surface area contributed by atoms with Crippen LogP contribution in [0.4, 0.5) is 5.95 Å². The van der Waals surface area contributed by atoms with Crippen LogP contribution in [0, 0.1) is 0 Å². The van der Waals surface area contributed by atoms with Gasteiger partial charge in [-0.1, -0.05) is 13.8 Å². The predicted molar refractivity (Wildman–Crippen MR) is 61.6 cm³/mol. The van der Waals surface area contributed by atoms with E-state index in [1.54, 1.807) is 23.7 Å². The smallest absolute Gasteiger partial charge is 0.219 e. The van der Waals surface area contributed by atoms with E-state index >= 15 is 0 Å². The van der Waals surface area contributed by atoms with Crippen LogP contribution in [0.25, 0.3) is 10.6 Å². The van der Waals surface area contributed by atoms with Crippen molar-refractivity contribution < 1.29 is 0 Å². The van der Waals surface area contributed by atoms with E-state index in [0.717, 1.165) is 16.3 Å². The lowest BCUT2D eigenvalue weighted by atomic mass is 10.2. The van der Waals surface area contributed by atoms with Crippen LogP contribution < -0.4 is 5.73 Å². The summed E-state index contributed by atoms with van der Waals surface area (Å²) in [4.78, 5) is 12.4. The number of hydrogen-bond acceptors (Lipinski definition) is 5. The Morgan fingerprint density at radius 3 is 2.47 bits per heavy atom. The molecule has 2 aromatic rings. The summed E-state index contributed by atoms with van der Waals surface area (Å²) in [5.41, 5.74) is 7.44. The standard InChI is InChI=1S/C10H12N4S/c1-6(2)8-5-15-9(14-8)7-3-12-10(11)13-4-7/h3-6H,1-2H3,(H2,11,12,13). The van der Waals surface area contributed by atoms with Gasteiger partial charge in [0.1, 0.15) is 5.01 Å². The molecule has 2 aromatic heterocycles. The van der Waals surface area contributed by atoms with Gasteiger partial charge in [-0.2, -0.15) is 0 Å². The summed E-state index contributed by atoms with van der Waals surface area (Å²) in [5, 5.41) is 3.01. The molecule has 0 aliphatic heterocycles. The molecule has 0 bridgehead atoms. The van der Waals surface area contributed by atoms with Crippen LogP contribution in [0.3, 0.4) is 0 Å². The van der Waals surface area contributed by atoms with Gasteiger partial charge in [-0.3, -0.25) is 0 Å². The van der Waals surface area contributed by atoms with Gasteiger partial charge in [0.2, 0.25) is 5.95 Å². The van der Waals surface area contributed by atoms with E-state index in [0.29, 0.717) is 11.9 Å². The molecule has 0 aliphatic rings. The van der Waals surface area contributed by atoms with Crippen LogP contribution >= 0.6 is 11.3 Å². The van der Waals surface area contributed by atoms with E-state index in [4.69, 9.17) is 5.73 Å². The Morgan fingerprint density at radius 1 is 1.27 bits per heavy atom. The van der Waals surface area contributed by atoms with Crippen molar-refractivity contribution in [2.45, 2.75) is 19.8 Å². The third kappa shape index (κ3) is 2.12. The van der Waals surface area contributed by atoms with Gasteiger partial charge in [0, 0.05) is 23.3 Å². The van der Waals surface area contributed by atoms with Crippen molar-refractivity contribution in [3.8, 4) is 10.6 Å². The zero-order chi connectivity index (χ0) is 10.8. The lowest BCUT2D eigenvalue weighted by Gasteiger charge is -1.97. The van der Waals surface area contributed by atoms with E-state index in [1.165, 1.54) is 0 Å². The first-order valence-corrected chi connectivity index (χ1v) is 5.58. The second-order valence-corrected chi connectivity index (χ2v) is 4.42. The minimum absolute atomic E-state index is 0.291. The average Bonchev–Trinajstić information content (AvgIpc) is 2.68. The molecule has 2 N–H and O–H groups in total. The summed E-state index contributed by atoms with van der Waals surface area (Å²) in [6, 6.07) is 0. The van der Waals surface area contributed by atoms with Crippen LogP contribution in [-0.2, 0) is 0 Å². The monoisotopic (exact) mass is 220 g/mol. The lowest BCUT2D eigenvalue weighted by molar-refractivity contribution is 0.834. The van der Waals surface area contributed by atoms with Gasteiger partial charge in [-0.25, -0.2) is 15.0 Å². The van der Waals surface area contributed by atoms with Gasteiger partial charge in [0.05, 0.1) is 5.69 Å². The Balaban J connectivity index is 2.33. The number of thiazole rings is 1. The van der Waals surface area contributed by atoms with Crippen molar-refractivity contribution >= 4 is 17.3 Å². The quantitative estimate of drug-likeness (QED) is 0.843. The van der Waals surface area contributed by atoms with Crippen molar-refractivity contribution in [3.05, 3.63) is 23.5 Å². The molecular weight excluding hydrogens is 208 g/mol. The molecule has 0 amide bonds. The fraction of sp³-hybridized carbons (Fsp3) is 0.300. The first-order valence-electron chi connectivity index (χ1n) is 4.70. The summed E-state index contributed by atoms with van der Waals surface area (Å²) in [7, 11) is 0. The molecule has 0 spiro atoms. The number of nitrogens with two attached hydrogens (primary N) is 1. The largest absolute Gasteiger partial charge is 0.368 e. The molecule has 78 valence electrons. The van der Waals surface area contributed by atoms with E-state index in [2.05, 4.69) is 34.2 Å². The number of aromatic nitrogens is 3. The number of nitrogens with zero attached hydrogens (tertiary/aromatic N) is 3. The average molecular weight is 220 g/mol. The molecular formula is C10H12N4S. The minimum Gasteiger partial charge on any atom is -0.368 e. The third-order valence-corrected chi connectivity index (χ3v) is 2.94. The molecule has 0 saturated heterocycles. The van der Waals surface area contributed by atoms with Crippen LogP contribution in [0.2, 0.25) is 0 Å². The third-order valence-electron chi connectivity index (χ3n) is 2.03. The van der Waals surface area contributed by atoms with Crippen LogP contribution in [0.5, 0.6) is 0 Å². The van der Waals surface area contributed by atoms with Crippen molar-refractivity contribution in [1.29, 1.82) is 0 Å². The molecule has 5 heteroatoms. The SMILES string of the molecule is CC(C)c1csc(-c2cnc(N)nc2)n1. The maximum atomic E-state index is 5.42. The maximum Gasteiger partial charge on any atom is 0.219 e. The highest BCUT2D eigenvalue weighted by molar-refractivity contribution is 7.13. The van der Waals surface area contributed by atoms with Crippen molar-refractivity contribution in [2.24, 2.45) is 0 Å². The van der Waals surface area contributed by atoms with Gasteiger partial charge >= 0.3 is 0 Å². The van der Waals surface area contributed by atoms with Crippen molar-refractivity contribution in [1.82, 2.24) is 15.0 Å². The Morgan fingerprint density at radius 2 is 1.93 bits per heavy atom. The Bertz CT molecular complexity index is 447. The predicted octanol–water partition coefficient (Wildman–Crippen LogP) is 2.31.